The number of hydrogen-bond donors (Lipinski definition) is 2. The van der Waals surface area contributed by atoms with Gasteiger partial charge in [-0.3, -0.25) is 9.59 Å². The second kappa shape index (κ2) is 8.74. The van der Waals surface area contributed by atoms with Crippen molar-refractivity contribution in [1.29, 1.82) is 0 Å². The summed E-state index contributed by atoms with van der Waals surface area (Å²) in [5.41, 5.74) is 1.16. The highest BCUT2D eigenvalue weighted by Crippen LogP contribution is 2.17. The Morgan fingerprint density at radius 1 is 1.20 bits per heavy atom. The molecule has 5 heteroatoms. The summed E-state index contributed by atoms with van der Waals surface area (Å²) < 4.78 is 1.04. The third-order valence-electron chi connectivity index (χ3n) is 2.84. The minimum atomic E-state index is -0.0872. The van der Waals surface area contributed by atoms with Crippen LogP contribution in [0.25, 0.3) is 0 Å². The van der Waals surface area contributed by atoms with Gasteiger partial charge < -0.3 is 10.6 Å². The molecule has 0 heterocycles. The lowest BCUT2D eigenvalue weighted by atomic mass is 10.1. The van der Waals surface area contributed by atoms with E-state index >= 15 is 0 Å². The van der Waals surface area contributed by atoms with E-state index in [0.717, 1.165) is 16.5 Å². The number of benzene rings is 1. The molecular weight excluding hydrogens is 320 g/mol. The zero-order valence-electron chi connectivity index (χ0n) is 11.9. The van der Waals surface area contributed by atoms with E-state index < -0.39 is 0 Å². The first-order valence-corrected chi connectivity index (χ1v) is 7.61. The molecule has 110 valence electrons. The van der Waals surface area contributed by atoms with Gasteiger partial charge in [0.1, 0.15) is 0 Å². The Labute approximate surface area is 128 Å². The van der Waals surface area contributed by atoms with Gasteiger partial charge in [-0.1, -0.05) is 34.1 Å². The minimum absolute atomic E-state index is 0.0374. The van der Waals surface area contributed by atoms with E-state index in [-0.39, 0.29) is 30.7 Å². The molecule has 0 spiro atoms. The number of rotatable bonds is 7. The predicted octanol–water partition coefficient (Wildman–Crippen LogP) is 2.41. The largest absolute Gasteiger partial charge is 0.356 e. The van der Waals surface area contributed by atoms with Gasteiger partial charge in [-0.05, 0) is 31.9 Å². The molecular formula is C15H21BrN2O2. The van der Waals surface area contributed by atoms with Crippen LogP contribution in [0.1, 0.15) is 32.3 Å². The fraction of sp³-hybridized carbons (Fsp3) is 0.467. The van der Waals surface area contributed by atoms with Crippen molar-refractivity contribution in [3.8, 4) is 0 Å². The van der Waals surface area contributed by atoms with E-state index in [1.54, 1.807) is 0 Å². The third-order valence-corrected chi connectivity index (χ3v) is 3.62. The van der Waals surface area contributed by atoms with Gasteiger partial charge in [-0.2, -0.15) is 0 Å². The first-order valence-electron chi connectivity index (χ1n) is 6.82. The lowest BCUT2D eigenvalue weighted by molar-refractivity contribution is -0.126. The van der Waals surface area contributed by atoms with Crippen LogP contribution in [0.5, 0.6) is 0 Å². The Hall–Kier alpha value is -1.36. The molecule has 0 aliphatic heterocycles. The van der Waals surface area contributed by atoms with Crippen LogP contribution >= 0.6 is 15.9 Å². The monoisotopic (exact) mass is 340 g/mol. The van der Waals surface area contributed by atoms with Crippen LogP contribution in [0.2, 0.25) is 0 Å². The SMILES string of the molecule is CCNC(=O)CCC(=O)NC(C)Cc1ccccc1Br. The number of nitrogens with one attached hydrogen (secondary N) is 2. The van der Waals surface area contributed by atoms with E-state index in [2.05, 4.69) is 26.6 Å². The molecule has 0 fully saturated rings. The van der Waals surface area contributed by atoms with Gasteiger partial charge in [0.15, 0.2) is 0 Å². The maximum Gasteiger partial charge on any atom is 0.220 e. The maximum atomic E-state index is 11.7. The Bertz CT molecular complexity index is 463. The number of carbonyl (C=O) groups is 2. The van der Waals surface area contributed by atoms with Gasteiger partial charge >= 0.3 is 0 Å². The average molecular weight is 341 g/mol. The minimum Gasteiger partial charge on any atom is -0.356 e. The summed E-state index contributed by atoms with van der Waals surface area (Å²) in [5.74, 6) is -0.170. The summed E-state index contributed by atoms with van der Waals surface area (Å²) in [7, 11) is 0. The second-order valence-corrected chi connectivity index (χ2v) is 5.57. The molecule has 0 aromatic heterocycles. The molecule has 1 unspecified atom stereocenters. The molecule has 2 amide bonds. The van der Waals surface area contributed by atoms with Crippen molar-refractivity contribution in [3.63, 3.8) is 0 Å². The molecule has 0 radical (unpaired) electrons. The Morgan fingerprint density at radius 3 is 2.50 bits per heavy atom. The van der Waals surface area contributed by atoms with Crippen LogP contribution in [-0.2, 0) is 16.0 Å². The third kappa shape index (κ3) is 6.19. The van der Waals surface area contributed by atoms with Gasteiger partial charge in [-0.25, -0.2) is 0 Å². The number of halogens is 1. The molecule has 0 saturated carbocycles. The van der Waals surface area contributed by atoms with Crippen molar-refractivity contribution in [1.82, 2.24) is 10.6 Å². The molecule has 2 N–H and O–H groups in total. The van der Waals surface area contributed by atoms with Crippen LogP contribution < -0.4 is 10.6 Å². The lowest BCUT2D eigenvalue weighted by Crippen LogP contribution is -2.35. The van der Waals surface area contributed by atoms with Crippen LogP contribution in [0, 0.1) is 0 Å². The quantitative estimate of drug-likeness (QED) is 0.800. The van der Waals surface area contributed by atoms with Gasteiger partial charge in [0.05, 0.1) is 0 Å². The zero-order valence-corrected chi connectivity index (χ0v) is 13.5. The Kier molecular flexibility index (Phi) is 7.30. The van der Waals surface area contributed by atoms with Gasteiger partial charge in [-0.15, -0.1) is 0 Å². The summed E-state index contributed by atoms with van der Waals surface area (Å²) in [6, 6.07) is 7.99. The fourth-order valence-corrected chi connectivity index (χ4v) is 2.35. The maximum absolute atomic E-state index is 11.7. The highest BCUT2D eigenvalue weighted by Gasteiger charge is 2.11. The van der Waals surface area contributed by atoms with Gasteiger partial charge in [0.25, 0.3) is 0 Å². The summed E-state index contributed by atoms with van der Waals surface area (Å²) in [6.07, 6.45) is 1.22. The van der Waals surface area contributed by atoms with E-state index in [0.29, 0.717) is 6.54 Å². The van der Waals surface area contributed by atoms with Crippen LogP contribution in [0.4, 0.5) is 0 Å². The molecule has 4 nitrogen and oxygen atoms in total. The predicted molar refractivity (Wildman–Crippen MR) is 83.4 cm³/mol. The second-order valence-electron chi connectivity index (χ2n) is 4.72. The highest BCUT2D eigenvalue weighted by molar-refractivity contribution is 9.10. The van der Waals surface area contributed by atoms with Gasteiger partial charge in [0, 0.05) is 29.9 Å². The Balaban J connectivity index is 2.35. The summed E-state index contributed by atoms with van der Waals surface area (Å²) >= 11 is 3.49. The molecule has 0 bridgehead atoms. The lowest BCUT2D eigenvalue weighted by Gasteiger charge is -2.15. The first-order chi connectivity index (χ1) is 9.52. The van der Waals surface area contributed by atoms with Gasteiger partial charge in [0.2, 0.25) is 11.8 Å². The van der Waals surface area contributed by atoms with Crippen LogP contribution in [0.15, 0.2) is 28.7 Å². The van der Waals surface area contributed by atoms with E-state index in [1.165, 1.54) is 0 Å². The van der Waals surface area contributed by atoms with E-state index in [1.807, 2.05) is 38.1 Å². The van der Waals surface area contributed by atoms with Crippen LogP contribution in [-0.4, -0.2) is 24.4 Å². The molecule has 0 saturated heterocycles. The van der Waals surface area contributed by atoms with Crippen molar-refractivity contribution < 1.29 is 9.59 Å². The van der Waals surface area contributed by atoms with Crippen molar-refractivity contribution in [2.24, 2.45) is 0 Å². The van der Waals surface area contributed by atoms with Crippen LogP contribution in [0.3, 0.4) is 0 Å². The zero-order chi connectivity index (χ0) is 15.0. The molecule has 1 aromatic rings. The Morgan fingerprint density at radius 2 is 1.85 bits per heavy atom. The molecule has 20 heavy (non-hydrogen) atoms. The molecule has 1 rings (SSSR count). The standard InChI is InChI=1S/C15H21BrN2O2/c1-3-17-14(19)8-9-15(20)18-11(2)10-12-6-4-5-7-13(12)16/h4-7,11H,3,8-10H2,1-2H3,(H,17,19)(H,18,20). The average Bonchev–Trinajstić information content (AvgIpc) is 2.39. The molecule has 1 aromatic carbocycles. The fourth-order valence-electron chi connectivity index (χ4n) is 1.90. The van der Waals surface area contributed by atoms with Crippen molar-refractivity contribution >= 4 is 27.7 Å². The molecule has 0 aliphatic carbocycles. The molecule has 0 aliphatic rings. The number of amides is 2. The number of carbonyl (C=O) groups excluding carboxylic acids is 2. The van der Waals surface area contributed by atoms with Crippen molar-refractivity contribution in [3.05, 3.63) is 34.3 Å². The highest BCUT2D eigenvalue weighted by atomic mass is 79.9. The molecule has 1 atom stereocenters. The number of hydrogen-bond acceptors (Lipinski definition) is 2. The topological polar surface area (TPSA) is 58.2 Å². The van der Waals surface area contributed by atoms with E-state index in [9.17, 15) is 9.59 Å². The van der Waals surface area contributed by atoms with Crippen molar-refractivity contribution in [2.45, 2.75) is 39.2 Å². The normalized spacial score (nSPS) is 11.8. The van der Waals surface area contributed by atoms with Crippen molar-refractivity contribution in [2.75, 3.05) is 6.54 Å². The first kappa shape index (κ1) is 16.7. The smallest absolute Gasteiger partial charge is 0.220 e. The summed E-state index contributed by atoms with van der Waals surface area (Å²) in [6.45, 7) is 4.42. The summed E-state index contributed by atoms with van der Waals surface area (Å²) in [4.78, 5) is 23.0. The summed E-state index contributed by atoms with van der Waals surface area (Å²) in [5, 5.41) is 5.59. The van der Waals surface area contributed by atoms with E-state index in [4.69, 9.17) is 0 Å².